The van der Waals surface area contributed by atoms with Crippen molar-refractivity contribution in [2.75, 3.05) is 13.1 Å². The van der Waals surface area contributed by atoms with Crippen LogP contribution in [0, 0.1) is 12.3 Å². The summed E-state index contributed by atoms with van der Waals surface area (Å²) >= 11 is 0. The van der Waals surface area contributed by atoms with Crippen LogP contribution < -0.4 is 10.9 Å². The molecule has 28 heavy (non-hydrogen) atoms. The summed E-state index contributed by atoms with van der Waals surface area (Å²) in [6.07, 6.45) is 3.33. The molecular formula is C22H30N4O2. The Kier molecular flexibility index (Phi) is 4.70. The van der Waals surface area contributed by atoms with Crippen molar-refractivity contribution in [1.82, 2.24) is 20.3 Å². The summed E-state index contributed by atoms with van der Waals surface area (Å²) in [5, 5.41) is 1.38. The molecule has 0 bridgehead atoms. The quantitative estimate of drug-likeness (QED) is 0.785. The Bertz CT molecular complexity index is 938. The fourth-order valence-electron chi connectivity index (χ4n) is 4.52. The number of nitrogens with zero attached hydrogens (tertiary/aromatic N) is 2. The summed E-state index contributed by atoms with van der Waals surface area (Å²) in [5.74, 6) is -0.347. The zero-order chi connectivity index (χ0) is 20.1. The summed E-state index contributed by atoms with van der Waals surface area (Å²) in [6.45, 7) is 9.65. The van der Waals surface area contributed by atoms with E-state index in [1.807, 2.05) is 20.8 Å². The van der Waals surface area contributed by atoms with Crippen LogP contribution in [0.1, 0.15) is 56.5 Å². The highest BCUT2D eigenvalue weighted by Gasteiger charge is 2.35. The van der Waals surface area contributed by atoms with Crippen LogP contribution in [0.5, 0.6) is 0 Å². The minimum Gasteiger partial charge on any atom is -0.342 e. The largest absolute Gasteiger partial charge is 0.342 e. The lowest BCUT2D eigenvalue weighted by molar-refractivity contribution is -0.134. The molecule has 0 fully saturated rings. The molecule has 2 N–H and O–H groups in total. The molecular weight excluding hydrogens is 352 g/mol. The van der Waals surface area contributed by atoms with Gasteiger partial charge in [-0.25, -0.2) is 0 Å². The van der Waals surface area contributed by atoms with E-state index in [2.05, 4.69) is 45.4 Å². The first-order chi connectivity index (χ1) is 13.3. The summed E-state index contributed by atoms with van der Waals surface area (Å²) in [5.41, 5.74) is 10.1. The Morgan fingerprint density at radius 1 is 1.18 bits per heavy atom. The lowest BCUT2D eigenvalue weighted by Gasteiger charge is -2.39. The number of hydrogen-bond donors (Lipinski definition) is 2. The molecule has 2 aromatic rings. The highest BCUT2D eigenvalue weighted by atomic mass is 16.2. The minimum absolute atomic E-state index is 0.162. The van der Waals surface area contributed by atoms with Crippen molar-refractivity contribution in [2.45, 2.75) is 59.5 Å². The van der Waals surface area contributed by atoms with Crippen LogP contribution in [0.15, 0.2) is 18.2 Å². The fourth-order valence-corrected chi connectivity index (χ4v) is 4.52. The minimum atomic E-state index is -0.532. The number of carbonyl (C=O) groups excluding carboxylic acids is 2. The van der Waals surface area contributed by atoms with E-state index in [0.717, 1.165) is 32.4 Å². The van der Waals surface area contributed by atoms with E-state index in [1.165, 1.54) is 27.7 Å². The fraction of sp³-hybridized carbons (Fsp3) is 0.545. The lowest BCUT2D eigenvalue weighted by Crippen LogP contribution is -2.51. The van der Waals surface area contributed by atoms with Crippen molar-refractivity contribution < 1.29 is 9.59 Å². The number of hydrogen-bond acceptors (Lipinski definition) is 3. The van der Waals surface area contributed by atoms with Crippen molar-refractivity contribution in [3.8, 4) is 0 Å². The second kappa shape index (κ2) is 6.92. The number of benzene rings is 1. The normalized spacial score (nSPS) is 19.4. The molecule has 0 saturated heterocycles. The van der Waals surface area contributed by atoms with Crippen molar-refractivity contribution in [3.05, 3.63) is 35.0 Å². The van der Waals surface area contributed by atoms with Gasteiger partial charge in [0.05, 0.1) is 12.6 Å². The number of amides is 2. The Balaban J connectivity index is 1.53. The third-order valence-electron chi connectivity index (χ3n) is 5.98. The van der Waals surface area contributed by atoms with E-state index in [9.17, 15) is 9.59 Å². The maximum Gasteiger partial charge on any atom is 0.252 e. The average molecular weight is 383 g/mol. The number of carbonyl (C=O) groups is 2. The maximum atomic E-state index is 12.5. The maximum absolute atomic E-state index is 12.5. The van der Waals surface area contributed by atoms with Gasteiger partial charge >= 0.3 is 0 Å². The number of aryl methyl sites for hydroxylation is 2. The van der Waals surface area contributed by atoms with Gasteiger partial charge in [0.15, 0.2) is 0 Å². The number of hydrazine groups is 1. The average Bonchev–Trinajstić information content (AvgIpc) is 2.96. The molecule has 1 unspecified atom stereocenters. The highest BCUT2D eigenvalue weighted by Crippen LogP contribution is 2.42. The van der Waals surface area contributed by atoms with Gasteiger partial charge in [0.1, 0.15) is 0 Å². The summed E-state index contributed by atoms with van der Waals surface area (Å²) < 4.78 is 2.46. The third-order valence-corrected chi connectivity index (χ3v) is 5.98. The van der Waals surface area contributed by atoms with Crippen LogP contribution in [-0.2, 0) is 22.6 Å². The predicted octanol–water partition coefficient (Wildman–Crippen LogP) is 2.84. The van der Waals surface area contributed by atoms with Crippen LogP contribution in [-0.4, -0.2) is 34.4 Å². The first-order valence-electron chi connectivity index (χ1n) is 10.2. The van der Waals surface area contributed by atoms with E-state index in [4.69, 9.17) is 0 Å². The molecule has 2 aliphatic rings. The summed E-state index contributed by atoms with van der Waals surface area (Å²) in [4.78, 5) is 26.7. The Morgan fingerprint density at radius 3 is 2.71 bits per heavy atom. The standard InChI is InChI=1S/C22H30N4O2/c1-14-8-9-17-16(12-14)15-6-5-7-18-20(15)26(17)11-10-25(18)13-19(27)23-24-21(28)22(2,3)4/h8-9,12,18H,5-7,10-11,13H2,1-4H3,(H,23,27)(H,24,28). The van der Waals surface area contributed by atoms with Gasteiger partial charge in [-0.05, 0) is 43.9 Å². The molecule has 6 heteroatoms. The van der Waals surface area contributed by atoms with Crippen LogP contribution >= 0.6 is 0 Å². The first kappa shape index (κ1) is 19.0. The molecule has 1 aliphatic carbocycles. The molecule has 0 radical (unpaired) electrons. The van der Waals surface area contributed by atoms with Gasteiger partial charge < -0.3 is 4.57 Å². The molecule has 1 aromatic heterocycles. The second-order valence-electron chi connectivity index (χ2n) is 9.17. The van der Waals surface area contributed by atoms with Gasteiger partial charge in [0.2, 0.25) is 5.91 Å². The van der Waals surface area contributed by atoms with Gasteiger partial charge in [0.25, 0.3) is 5.91 Å². The van der Waals surface area contributed by atoms with E-state index in [-0.39, 0.29) is 17.9 Å². The van der Waals surface area contributed by atoms with E-state index >= 15 is 0 Å². The Labute approximate surface area is 166 Å². The molecule has 1 aliphatic heterocycles. The molecule has 1 aromatic carbocycles. The molecule has 1 atom stereocenters. The molecule has 2 heterocycles. The summed E-state index contributed by atoms with van der Waals surface area (Å²) in [6, 6.07) is 7.00. The lowest BCUT2D eigenvalue weighted by atomic mass is 9.89. The topological polar surface area (TPSA) is 66.4 Å². The van der Waals surface area contributed by atoms with Crippen molar-refractivity contribution in [1.29, 1.82) is 0 Å². The molecule has 6 nitrogen and oxygen atoms in total. The SMILES string of the molecule is Cc1ccc2c(c1)c1c3n2CCN(CC(=O)NNC(=O)C(C)(C)C)C3CCC1. The Morgan fingerprint density at radius 2 is 1.96 bits per heavy atom. The molecule has 0 spiro atoms. The van der Waals surface area contributed by atoms with Crippen molar-refractivity contribution >= 4 is 22.7 Å². The third kappa shape index (κ3) is 3.30. The number of nitrogens with one attached hydrogen (secondary N) is 2. The predicted molar refractivity (Wildman–Crippen MR) is 110 cm³/mol. The summed E-state index contributed by atoms with van der Waals surface area (Å²) in [7, 11) is 0. The van der Waals surface area contributed by atoms with Crippen LogP contribution in [0.3, 0.4) is 0 Å². The monoisotopic (exact) mass is 382 g/mol. The van der Waals surface area contributed by atoms with E-state index in [0.29, 0.717) is 6.54 Å². The van der Waals surface area contributed by atoms with Gasteiger partial charge in [-0.1, -0.05) is 32.4 Å². The van der Waals surface area contributed by atoms with Gasteiger partial charge in [0, 0.05) is 35.1 Å². The number of aromatic nitrogens is 1. The van der Waals surface area contributed by atoms with Crippen molar-refractivity contribution in [2.24, 2.45) is 5.41 Å². The number of fused-ring (bicyclic) bond motifs is 3. The van der Waals surface area contributed by atoms with Gasteiger partial charge in [-0.3, -0.25) is 25.3 Å². The molecule has 2 amide bonds. The van der Waals surface area contributed by atoms with Gasteiger partial charge in [-0.2, -0.15) is 0 Å². The second-order valence-corrected chi connectivity index (χ2v) is 9.17. The van der Waals surface area contributed by atoms with Crippen LogP contribution in [0.2, 0.25) is 0 Å². The van der Waals surface area contributed by atoms with Gasteiger partial charge in [-0.15, -0.1) is 0 Å². The van der Waals surface area contributed by atoms with Crippen LogP contribution in [0.4, 0.5) is 0 Å². The molecule has 0 saturated carbocycles. The first-order valence-corrected chi connectivity index (χ1v) is 10.2. The Hall–Kier alpha value is -2.34. The smallest absolute Gasteiger partial charge is 0.252 e. The van der Waals surface area contributed by atoms with E-state index in [1.54, 1.807) is 0 Å². The highest BCUT2D eigenvalue weighted by molar-refractivity contribution is 5.87. The van der Waals surface area contributed by atoms with Crippen molar-refractivity contribution in [3.63, 3.8) is 0 Å². The molecule has 4 rings (SSSR count). The van der Waals surface area contributed by atoms with Crippen LogP contribution in [0.25, 0.3) is 10.9 Å². The zero-order valence-electron chi connectivity index (χ0n) is 17.3. The number of rotatable bonds is 2. The molecule has 150 valence electrons. The zero-order valence-corrected chi connectivity index (χ0v) is 17.3. The van der Waals surface area contributed by atoms with E-state index < -0.39 is 5.41 Å².